The molecule has 0 aliphatic heterocycles. The highest BCUT2D eigenvalue weighted by Gasteiger charge is 2.14. The fourth-order valence-electron chi connectivity index (χ4n) is 1.87. The van der Waals surface area contributed by atoms with Crippen LogP contribution in [0.5, 0.6) is 11.5 Å². The molecule has 2 aromatic rings. The topological polar surface area (TPSA) is 60.6 Å². The van der Waals surface area contributed by atoms with Gasteiger partial charge in [-0.1, -0.05) is 0 Å². The van der Waals surface area contributed by atoms with Crippen LogP contribution in [0, 0.1) is 0 Å². The summed E-state index contributed by atoms with van der Waals surface area (Å²) in [5, 5.41) is 0.829. The largest absolute Gasteiger partial charge is 0.497 e. The smallest absolute Gasteiger partial charge is 0.354 e. The third kappa shape index (κ3) is 2.65. The van der Waals surface area contributed by atoms with Crippen LogP contribution in [0.3, 0.4) is 0 Å². The number of hydrogen-bond donors (Lipinski definition) is 1. The van der Waals surface area contributed by atoms with Gasteiger partial charge in [0, 0.05) is 17.5 Å². The molecule has 0 aliphatic rings. The van der Waals surface area contributed by atoms with Gasteiger partial charge >= 0.3 is 5.97 Å². The molecule has 0 unspecified atom stereocenters. The minimum atomic E-state index is -0.411. The SMILES string of the molecule is COC(=O)c1cc2c(OC(C)C)cc(OC)cc2[nH]1. The molecule has 0 saturated carbocycles. The van der Waals surface area contributed by atoms with Crippen molar-refractivity contribution in [1.82, 2.24) is 4.98 Å². The van der Waals surface area contributed by atoms with Crippen LogP contribution in [-0.4, -0.2) is 31.3 Å². The number of hydrogen-bond acceptors (Lipinski definition) is 4. The molecule has 5 nitrogen and oxygen atoms in total. The van der Waals surface area contributed by atoms with Gasteiger partial charge in [0.1, 0.15) is 17.2 Å². The highest BCUT2D eigenvalue weighted by molar-refractivity contribution is 5.97. The molecule has 1 N–H and O–H groups in total. The average molecular weight is 263 g/mol. The molecule has 0 aliphatic carbocycles. The van der Waals surface area contributed by atoms with Gasteiger partial charge in [-0.2, -0.15) is 0 Å². The number of carbonyl (C=O) groups is 1. The van der Waals surface area contributed by atoms with Crippen LogP contribution < -0.4 is 9.47 Å². The lowest BCUT2D eigenvalue weighted by atomic mass is 10.2. The summed E-state index contributed by atoms with van der Waals surface area (Å²) < 4.78 is 15.7. The van der Waals surface area contributed by atoms with Gasteiger partial charge in [0.05, 0.1) is 25.8 Å². The summed E-state index contributed by atoms with van der Waals surface area (Å²) in [7, 11) is 2.93. The standard InChI is InChI=1S/C14H17NO4/c1-8(2)19-13-6-9(17-3)5-11-10(13)7-12(15-11)14(16)18-4/h5-8,15H,1-4H3. The molecule has 1 aromatic heterocycles. The lowest BCUT2D eigenvalue weighted by molar-refractivity contribution is 0.0595. The number of H-pyrrole nitrogens is 1. The van der Waals surface area contributed by atoms with Crippen molar-refractivity contribution >= 4 is 16.9 Å². The van der Waals surface area contributed by atoms with E-state index in [2.05, 4.69) is 4.98 Å². The van der Waals surface area contributed by atoms with Crippen molar-refractivity contribution in [3.63, 3.8) is 0 Å². The monoisotopic (exact) mass is 263 g/mol. The van der Waals surface area contributed by atoms with Gasteiger partial charge in [-0.15, -0.1) is 0 Å². The molecule has 0 saturated heterocycles. The van der Waals surface area contributed by atoms with Gasteiger partial charge < -0.3 is 19.2 Å². The normalized spacial score (nSPS) is 10.8. The van der Waals surface area contributed by atoms with Gasteiger partial charge in [0.25, 0.3) is 0 Å². The van der Waals surface area contributed by atoms with E-state index in [1.54, 1.807) is 19.2 Å². The quantitative estimate of drug-likeness (QED) is 0.862. The lowest BCUT2D eigenvalue weighted by Crippen LogP contribution is -2.05. The molecule has 0 atom stereocenters. The van der Waals surface area contributed by atoms with Gasteiger partial charge in [-0.3, -0.25) is 0 Å². The molecule has 0 fully saturated rings. The maximum Gasteiger partial charge on any atom is 0.354 e. The summed E-state index contributed by atoms with van der Waals surface area (Å²) in [6, 6.07) is 5.34. The van der Waals surface area contributed by atoms with Crippen molar-refractivity contribution in [2.45, 2.75) is 20.0 Å². The molecule has 1 heterocycles. The Balaban J connectivity index is 2.57. The number of aromatic amines is 1. The van der Waals surface area contributed by atoms with E-state index in [0.29, 0.717) is 17.2 Å². The van der Waals surface area contributed by atoms with E-state index in [0.717, 1.165) is 10.9 Å². The Morgan fingerprint density at radius 3 is 2.53 bits per heavy atom. The second-order valence-corrected chi connectivity index (χ2v) is 4.43. The first kappa shape index (κ1) is 13.3. The van der Waals surface area contributed by atoms with Crippen molar-refractivity contribution in [3.05, 3.63) is 23.9 Å². The van der Waals surface area contributed by atoms with Crippen LogP contribution >= 0.6 is 0 Å². The van der Waals surface area contributed by atoms with Crippen LogP contribution in [0.15, 0.2) is 18.2 Å². The second kappa shape index (κ2) is 5.22. The number of methoxy groups -OCH3 is 2. The molecule has 102 valence electrons. The van der Waals surface area contributed by atoms with E-state index in [4.69, 9.17) is 14.2 Å². The number of fused-ring (bicyclic) bond motifs is 1. The zero-order chi connectivity index (χ0) is 14.0. The second-order valence-electron chi connectivity index (χ2n) is 4.43. The zero-order valence-electron chi connectivity index (χ0n) is 11.4. The molecule has 5 heteroatoms. The maximum absolute atomic E-state index is 11.5. The van der Waals surface area contributed by atoms with Crippen molar-refractivity contribution in [1.29, 1.82) is 0 Å². The Kier molecular flexibility index (Phi) is 3.64. The highest BCUT2D eigenvalue weighted by Crippen LogP contribution is 2.32. The van der Waals surface area contributed by atoms with Crippen molar-refractivity contribution < 1.29 is 19.0 Å². The van der Waals surface area contributed by atoms with E-state index in [-0.39, 0.29) is 6.10 Å². The third-order valence-corrected chi connectivity index (χ3v) is 2.68. The number of ether oxygens (including phenoxy) is 3. The Morgan fingerprint density at radius 2 is 1.95 bits per heavy atom. The number of benzene rings is 1. The summed E-state index contributed by atoms with van der Waals surface area (Å²) in [5.74, 6) is 0.933. The molecule has 19 heavy (non-hydrogen) atoms. The number of rotatable bonds is 4. The highest BCUT2D eigenvalue weighted by atomic mass is 16.5. The predicted octanol–water partition coefficient (Wildman–Crippen LogP) is 2.75. The summed E-state index contributed by atoms with van der Waals surface area (Å²) in [4.78, 5) is 14.5. The molecular weight excluding hydrogens is 246 g/mol. The van der Waals surface area contributed by atoms with E-state index in [1.807, 2.05) is 19.9 Å². The molecular formula is C14H17NO4. The number of esters is 1. The first-order valence-electron chi connectivity index (χ1n) is 6.01. The van der Waals surface area contributed by atoms with E-state index in [9.17, 15) is 4.79 Å². The first-order chi connectivity index (χ1) is 9.05. The Morgan fingerprint density at radius 1 is 1.21 bits per heavy atom. The average Bonchev–Trinajstić information content (AvgIpc) is 2.81. The summed E-state index contributed by atoms with van der Waals surface area (Å²) >= 11 is 0. The lowest BCUT2D eigenvalue weighted by Gasteiger charge is -2.12. The molecule has 0 amide bonds. The van der Waals surface area contributed by atoms with Crippen molar-refractivity contribution in [2.75, 3.05) is 14.2 Å². The van der Waals surface area contributed by atoms with Crippen LogP contribution in [0.2, 0.25) is 0 Å². The fourth-order valence-corrected chi connectivity index (χ4v) is 1.87. The third-order valence-electron chi connectivity index (χ3n) is 2.68. The predicted molar refractivity (Wildman–Crippen MR) is 72.0 cm³/mol. The summed E-state index contributed by atoms with van der Waals surface area (Å²) in [6.07, 6.45) is 0.0341. The first-order valence-corrected chi connectivity index (χ1v) is 6.01. The minimum Gasteiger partial charge on any atom is -0.497 e. The molecule has 0 spiro atoms. The molecule has 0 radical (unpaired) electrons. The number of aromatic nitrogens is 1. The summed E-state index contributed by atoms with van der Waals surface area (Å²) in [5.41, 5.74) is 1.16. The molecule has 1 aromatic carbocycles. The zero-order valence-corrected chi connectivity index (χ0v) is 11.4. The Labute approximate surface area is 111 Å². The van der Waals surface area contributed by atoms with E-state index < -0.39 is 5.97 Å². The summed E-state index contributed by atoms with van der Waals surface area (Å²) in [6.45, 7) is 3.89. The molecule has 0 bridgehead atoms. The van der Waals surface area contributed by atoms with Crippen LogP contribution in [0.4, 0.5) is 0 Å². The number of nitrogens with one attached hydrogen (secondary N) is 1. The van der Waals surface area contributed by atoms with Crippen LogP contribution in [-0.2, 0) is 4.74 Å². The molecule has 2 rings (SSSR count). The van der Waals surface area contributed by atoms with Crippen molar-refractivity contribution in [2.24, 2.45) is 0 Å². The van der Waals surface area contributed by atoms with Crippen molar-refractivity contribution in [3.8, 4) is 11.5 Å². The minimum absolute atomic E-state index is 0.0341. The fraction of sp³-hybridized carbons (Fsp3) is 0.357. The van der Waals surface area contributed by atoms with E-state index >= 15 is 0 Å². The van der Waals surface area contributed by atoms with Gasteiger partial charge in [-0.05, 0) is 19.9 Å². The Hall–Kier alpha value is -2.17. The van der Waals surface area contributed by atoms with Crippen LogP contribution in [0.25, 0.3) is 10.9 Å². The van der Waals surface area contributed by atoms with Gasteiger partial charge in [-0.25, -0.2) is 4.79 Å². The van der Waals surface area contributed by atoms with E-state index in [1.165, 1.54) is 7.11 Å². The maximum atomic E-state index is 11.5. The van der Waals surface area contributed by atoms with Gasteiger partial charge in [0.2, 0.25) is 0 Å². The van der Waals surface area contributed by atoms with Crippen LogP contribution in [0.1, 0.15) is 24.3 Å². The van der Waals surface area contributed by atoms with Gasteiger partial charge in [0.15, 0.2) is 0 Å². The number of carbonyl (C=O) groups excluding carboxylic acids is 1. The Bertz CT molecular complexity index is 601.